The molecule has 2 aliphatic heterocycles. The number of aliphatic hydroxyl groups is 1. The van der Waals surface area contributed by atoms with Crippen molar-refractivity contribution in [1.82, 2.24) is 5.32 Å². The summed E-state index contributed by atoms with van der Waals surface area (Å²) in [6.45, 7) is 2.01. The molecular weight excluding hydrogens is 228 g/mol. The molecule has 5 nitrogen and oxygen atoms in total. The number of anilines is 1. The summed E-state index contributed by atoms with van der Waals surface area (Å²) >= 11 is 1.39. The van der Waals surface area contributed by atoms with Crippen molar-refractivity contribution in [3.8, 4) is 5.75 Å². The number of rotatable bonds is 1. The van der Waals surface area contributed by atoms with Crippen LogP contribution in [0.25, 0.3) is 0 Å². The molecule has 2 aliphatic rings. The number of carbonyl (C=O) groups excluding carboxylic acids is 1. The molecule has 3 rings (SSSR count). The highest BCUT2D eigenvalue weighted by molar-refractivity contribution is 7.13. The van der Waals surface area contributed by atoms with Crippen LogP contribution < -0.4 is 15.0 Å². The average molecular weight is 240 g/mol. The quantitative estimate of drug-likeness (QED) is 0.728. The summed E-state index contributed by atoms with van der Waals surface area (Å²) in [7, 11) is 0. The van der Waals surface area contributed by atoms with Crippen molar-refractivity contribution in [3.05, 3.63) is 10.3 Å². The van der Waals surface area contributed by atoms with Crippen molar-refractivity contribution in [2.45, 2.75) is 6.04 Å². The molecule has 3 heterocycles. The number of ether oxygens (including phenoxy) is 1. The van der Waals surface area contributed by atoms with Gasteiger partial charge in [-0.25, -0.2) is 0 Å². The molecule has 0 saturated heterocycles. The molecule has 1 aromatic rings. The maximum Gasteiger partial charge on any atom is 0.263 e. The van der Waals surface area contributed by atoms with E-state index in [1.54, 1.807) is 0 Å². The van der Waals surface area contributed by atoms with E-state index in [0.29, 0.717) is 18.0 Å². The van der Waals surface area contributed by atoms with Crippen molar-refractivity contribution in [1.29, 1.82) is 0 Å². The number of amides is 1. The predicted octanol–water partition coefficient (Wildman–Crippen LogP) is 0.0512. The lowest BCUT2D eigenvalue weighted by atomic mass is 10.2. The summed E-state index contributed by atoms with van der Waals surface area (Å²) in [4.78, 5) is 14.7. The molecule has 1 atom stereocenters. The Bertz CT molecular complexity index is 432. The van der Waals surface area contributed by atoms with Crippen LogP contribution in [0.2, 0.25) is 0 Å². The predicted molar refractivity (Wildman–Crippen MR) is 60.4 cm³/mol. The van der Waals surface area contributed by atoms with E-state index in [0.717, 1.165) is 18.0 Å². The zero-order chi connectivity index (χ0) is 11.1. The van der Waals surface area contributed by atoms with Gasteiger partial charge in [-0.1, -0.05) is 0 Å². The Morgan fingerprint density at radius 2 is 2.56 bits per heavy atom. The third-order valence-corrected chi connectivity index (χ3v) is 3.82. The Labute approximate surface area is 96.6 Å². The van der Waals surface area contributed by atoms with Gasteiger partial charge in [0, 0.05) is 11.9 Å². The normalized spacial score (nSPS) is 23.2. The zero-order valence-corrected chi connectivity index (χ0v) is 9.42. The molecule has 0 unspecified atom stereocenters. The Morgan fingerprint density at radius 3 is 3.38 bits per heavy atom. The monoisotopic (exact) mass is 240 g/mol. The first kappa shape index (κ1) is 9.92. The number of thiophene rings is 1. The van der Waals surface area contributed by atoms with E-state index in [4.69, 9.17) is 4.74 Å². The molecule has 16 heavy (non-hydrogen) atoms. The average Bonchev–Trinajstić information content (AvgIpc) is 2.66. The van der Waals surface area contributed by atoms with E-state index < -0.39 is 0 Å². The molecule has 0 fully saturated rings. The number of aliphatic hydroxyl groups excluding tert-OH is 1. The first-order chi connectivity index (χ1) is 7.79. The van der Waals surface area contributed by atoms with Gasteiger partial charge in [0.25, 0.3) is 5.91 Å². The van der Waals surface area contributed by atoms with E-state index in [1.807, 2.05) is 5.38 Å². The SMILES string of the molecule is O=C1N[C@H](CO)CN2CCOc3csc1c32. The third-order valence-electron chi connectivity index (χ3n) is 2.87. The number of carbonyl (C=O) groups is 1. The molecule has 1 aromatic heterocycles. The fraction of sp³-hybridized carbons (Fsp3) is 0.500. The summed E-state index contributed by atoms with van der Waals surface area (Å²) in [5.74, 6) is 0.679. The van der Waals surface area contributed by atoms with Crippen LogP contribution in [0.4, 0.5) is 5.69 Å². The lowest BCUT2D eigenvalue weighted by Gasteiger charge is -2.30. The van der Waals surface area contributed by atoms with E-state index in [2.05, 4.69) is 10.2 Å². The Morgan fingerprint density at radius 1 is 1.69 bits per heavy atom. The van der Waals surface area contributed by atoms with Crippen molar-refractivity contribution in [3.63, 3.8) is 0 Å². The molecule has 6 heteroatoms. The lowest BCUT2D eigenvalue weighted by Crippen LogP contribution is -2.44. The van der Waals surface area contributed by atoms with Crippen LogP contribution >= 0.6 is 11.3 Å². The second-order valence-electron chi connectivity index (χ2n) is 3.93. The fourth-order valence-corrected chi connectivity index (χ4v) is 3.04. The molecular formula is C10H12N2O3S. The van der Waals surface area contributed by atoms with Gasteiger partial charge in [-0.3, -0.25) is 4.79 Å². The van der Waals surface area contributed by atoms with Crippen LogP contribution in [0.5, 0.6) is 5.75 Å². The molecule has 2 N–H and O–H groups in total. The van der Waals surface area contributed by atoms with Crippen molar-refractivity contribution < 1.29 is 14.6 Å². The number of hydrogen-bond acceptors (Lipinski definition) is 5. The van der Waals surface area contributed by atoms with Gasteiger partial charge < -0.3 is 20.1 Å². The molecule has 0 saturated carbocycles. The van der Waals surface area contributed by atoms with Crippen LogP contribution in [0.15, 0.2) is 5.38 Å². The Balaban J connectivity index is 2.06. The topological polar surface area (TPSA) is 61.8 Å². The van der Waals surface area contributed by atoms with Gasteiger partial charge in [-0.05, 0) is 0 Å². The standard InChI is InChI=1S/C10H12N2O3S/c13-4-6-3-12-1-2-15-7-5-16-9(8(7)12)10(14)11-6/h5-6,13H,1-4H2,(H,11,14)/t6-/m0/s1. The molecule has 0 radical (unpaired) electrons. The smallest absolute Gasteiger partial charge is 0.263 e. The summed E-state index contributed by atoms with van der Waals surface area (Å²) < 4.78 is 5.51. The van der Waals surface area contributed by atoms with Gasteiger partial charge in [-0.2, -0.15) is 0 Å². The molecule has 0 aromatic carbocycles. The molecule has 1 amide bonds. The Kier molecular flexibility index (Phi) is 2.26. The van der Waals surface area contributed by atoms with Crippen molar-refractivity contribution in [2.75, 3.05) is 31.2 Å². The third kappa shape index (κ3) is 1.37. The largest absolute Gasteiger partial charge is 0.489 e. The number of hydrogen-bond donors (Lipinski definition) is 2. The van der Waals surface area contributed by atoms with Gasteiger partial charge in [0.05, 0.1) is 19.2 Å². The summed E-state index contributed by atoms with van der Waals surface area (Å²) in [6, 6.07) is -0.196. The van der Waals surface area contributed by atoms with Crippen LogP contribution in [0, 0.1) is 0 Å². The van der Waals surface area contributed by atoms with Crippen LogP contribution in [0.1, 0.15) is 9.67 Å². The van der Waals surface area contributed by atoms with Gasteiger partial charge in [0.15, 0.2) is 5.75 Å². The van der Waals surface area contributed by atoms with E-state index in [9.17, 15) is 9.90 Å². The lowest BCUT2D eigenvalue weighted by molar-refractivity contribution is 0.0928. The van der Waals surface area contributed by atoms with E-state index >= 15 is 0 Å². The molecule has 0 spiro atoms. The minimum absolute atomic E-state index is 0.0344. The van der Waals surface area contributed by atoms with E-state index in [-0.39, 0.29) is 18.6 Å². The highest BCUT2D eigenvalue weighted by atomic mass is 32.1. The first-order valence-electron chi connectivity index (χ1n) is 5.20. The molecule has 0 bridgehead atoms. The van der Waals surface area contributed by atoms with Gasteiger partial charge >= 0.3 is 0 Å². The molecule has 86 valence electrons. The second kappa shape index (κ2) is 3.64. The molecule has 0 aliphatic carbocycles. The minimum atomic E-state index is -0.196. The van der Waals surface area contributed by atoms with Crippen LogP contribution in [-0.2, 0) is 0 Å². The maximum absolute atomic E-state index is 11.9. The summed E-state index contributed by atoms with van der Waals surface area (Å²) in [6.07, 6.45) is 0. The van der Waals surface area contributed by atoms with Crippen LogP contribution in [0.3, 0.4) is 0 Å². The van der Waals surface area contributed by atoms with Crippen molar-refractivity contribution in [2.24, 2.45) is 0 Å². The fourth-order valence-electron chi connectivity index (χ4n) is 2.13. The summed E-state index contributed by atoms with van der Waals surface area (Å²) in [5.41, 5.74) is 0.893. The van der Waals surface area contributed by atoms with E-state index in [1.165, 1.54) is 11.3 Å². The highest BCUT2D eigenvalue weighted by Crippen LogP contribution is 2.41. The number of nitrogens with one attached hydrogen (secondary N) is 1. The first-order valence-corrected chi connectivity index (χ1v) is 6.08. The zero-order valence-electron chi connectivity index (χ0n) is 8.60. The van der Waals surface area contributed by atoms with Gasteiger partial charge in [0.1, 0.15) is 17.2 Å². The maximum atomic E-state index is 11.9. The van der Waals surface area contributed by atoms with Crippen molar-refractivity contribution >= 4 is 22.9 Å². The summed E-state index contributed by atoms with van der Waals surface area (Å²) in [5, 5.41) is 13.9. The minimum Gasteiger partial charge on any atom is -0.489 e. The second-order valence-corrected chi connectivity index (χ2v) is 4.80. The van der Waals surface area contributed by atoms with Gasteiger partial charge in [0.2, 0.25) is 0 Å². The van der Waals surface area contributed by atoms with Crippen LogP contribution in [-0.4, -0.2) is 43.4 Å². The highest BCUT2D eigenvalue weighted by Gasteiger charge is 2.32. The Hall–Kier alpha value is -1.27. The van der Waals surface area contributed by atoms with Gasteiger partial charge in [-0.15, -0.1) is 11.3 Å². The number of nitrogens with zero attached hydrogens (tertiary/aromatic N) is 1.